The number of hydrogen-bond acceptors (Lipinski definition) is 4. The van der Waals surface area contributed by atoms with E-state index in [1.807, 2.05) is 6.92 Å². The fraction of sp³-hybridized carbons (Fsp3) is 0.462. The number of nitrogen functional groups attached to an aromatic ring is 1. The minimum absolute atomic E-state index is 0.103. The summed E-state index contributed by atoms with van der Waals surface area (Å²) in [6.07, 6.45) is 2.96. The Bertz CT molecular complexity index is 472. The van der Waals surface area contributed by atoms with E-state index in [0.717, 1.165) is 13.0 Å². The first kappa shape index (κ1) is 13.3. The van der Waals surface area contributed by atoms with Crippen LogP contribution in [0.25, 0.3) is 0 Å². The normalized spacial score (nSPS) is 16.5. The van der Waals surface area contributed by atoms with Crippen LogP contribution in [-0.4, -0.2) is 40.8 Å². The van der Waals surface area contributed by atoms with Crippen LogP contribution in [-0.2, 0) is 4.79 Å². The number of pyridine rings is 1. The van der Waals surface area contributed by atoms with Crippen molar-refractivity contribution in [2.75, 3.05) is 18.8 Å². The predicted molar refractivity (Wildman–Crippen MR) is 71.4 cm³/mol. The molecule has 0 aliphatic carbocycles. The number of aromatic nitrogens is 1. The molecule has 1 fully saturated rings. The standard InChI is InChI=1S/C13H18N4O2/c1-9(8-17-6-2-3-12(17)18)16-13(19)11-5-4-10(14)7-15-11/h4-5,7,9H,2-3,6,8,14H2,1H3,(H,16,19). The van der Waals surface area contributed by atoms with Gasteiger partial charge in [-0.25, -0.2) is 4.98 Å². The molecule has 3 N–H and O–H groups in total. The third-order valence-electron chi connectivity index (χ3n) is 3.06. The van der Waals surface area contributed by atoms with Crippen LogP contribution in [0.5, 0.6) is 0 Å². The van der Waals surface area contributed by atoms with Crippen molar-refractivity contribution in [1.29, 1.82) is 0 Å². The van der Waals surface area contributed by atoms with E-state index >= 15 is 0 Å². The number of hydrogen-bond donors (Lipinski definition) is 2. The molecule has 1 unspecified atom stereocenters. The molecule has 2 amide bonds. The van der Waals surface area contributed by atoms with Gasteiger partial charge >= 0.3 is 0 Å². The Hall–Kier alpha value is -2.11. The van der Waals surface area contributed by atoms with Crippen LogP contribution < -0.4 is 11.1 Å². The molecule has 0 spiro atoms. The van der Waals surface area contributed by atoms with Crippen LogP contribution in [0.3, 0.4) is 0 Å². The quantitative estimate of drug-likeness (QED) is 0.822. The highest BCUT2D eigenvalue weighted by molar-refractivity contribution is 5.92. The molecule has 102 valence electrons. The smallest absolute Gasteiger partial charge is 0.270 e. The summed E-state index contributed by atoms with van der Waals surface area (Å²) in [6, 6.07) is 3.11. The van der Waals surface area contributed by atoms with Gasteiger partial charge in [-0.1, -0.05) is 0 Å². The van der Waals surface area contributed by atoms with E-state index in [4.69, 9.17) is 5.73 Å². The summed E-state index contributed by atoms with van der Waals surface area (Å²) in [5.74, 6) is -0.0918. The van der Waals surface area contributed by atoms with Crippen molar-refractivity contribution in [2.24, 2.45) is 0 Å². The minimum Gasteiger partial charge on any atom is -0.397 e. The average Bonchev–Trinajstić information content (AvgIpc) is 2.75. The summed E-state index contributed by atoms with van der Waals surface area (Å²) in [7, 11) is 0. The number of nitrogens with zero attached hydrogens (tertiary/aromatic N) is 2. The van der Waals surface area contributed by atoms with Gasteiger partial charge in [-0.2, -0.15) is 0 Å². The second-order valence-corrected chi connectivity index (χ2v) is 4.79. The molecule has 1 aliphatic rings. The number of nitrogens with two attached hydrogens (primary N) is 1. The Kier molecular flexibility index (Phi) is 3.99. The molecular weight excluding hydrogens is 244 g/mol. The van der Waals surface area contributed by atoms with E-state index in [9.17, 15) is 9.59 Å². The van der Waals surface area contributed by atoms with Crippen molar-refractivity contribution in [3.05, 3.63) is 24.0 Å². The molecule has 1 saturated heterocycles. The van der Waals surface area contributed by atoms with Crippen LogP contribution in [0.1, 0.15) is 30.3 Å². The Morgan fingerprint density at radius 2 is 2.37 bits per heavy atom. The number of amides is 2. The molecule has 1 aromatic rings. The summed E-state index contributed by atoms with van der Waals surface area (Å²) in [4.78, 5) is 29.1. The van der Waals surface area contributed by atoms with E-state index in [2.05, 4.69) is 10.3 Å². The van der Waals surface area contributed by atoms with E-state index in [1.165, 1.54) is 6.20 Å². The van der Waals surface area contributed by atoms with Crippen molar-refractivity contribution in [3.8, 4) is 0 Å². The van der Waals surface area contributed by atoms with Gasteiger partial charge in [0.1, 0.15) is 5.69 Å². The number of carbonyl (C=O) groups excluding carboxylic acids is 2. The fourth-order valence-corrected chi connectivity index (χ4v) is 2.11. The zero-order valence-corrected chi connectivity index (χ0v) is 10.9. The molecule has 2 rings (SSSR count). The van der Waals surface area contributed by atoms with Gasteiger partial charge in [0.15, 0.2) is 0 Å². The van der Waals surface area contributed by atoms with E-state index < -0.39 is 0 Å². The van der Waals surface area contributed by atoms with Crippen molar-refractivity contribution < 1.29 is 9.59 Å². The van der Waals surface area contributed by atoms with Crippen LogP contribution in [0.2, 0.25) is 0 Å². The van der Waals surface area contributed by atoms with Gasteiger partial charge in [0, 0.05) is 25.6 Å². The molecular formula is C13H18N4O2. The molecule has 0 aromatic carbocycles. The lowest BCUT2D eigenvalue weighted by atomic mass is 10.2. The molecule has 2 heterocycles. The average molecular weight is 262 g/mol. The zero-order chi connectivity index (χ0) is 13.8. The van der Waals surface area contributed by atoms with Gasteiger partial charge in [0.25, 0.3) is 5.91 Å². The molecule has 1 aromatic heterocycles. The third kappa shape index (κ3) is 3.43. The number of likely N-dealkylation sites (tertiary alicyclic amines) is 1. The fourth-order valence-electron chi connectivity index (χ4n) is 2.11. The largest absolute Gasteiger partial charge is 0.397 e. The predicted octanol–water partition coefficient (Wildman–Crippen LogP) is 0.404. The SMILES string of the molecule is CC(CN1CCCC1=O)NC(=O)c1ccc(N)cn1. The summed E-state index contributed by atoms with van der Waals surface area (Å²) in [6.45, 7) is 3.19. The topological polar surface area (TPSA) is 88.3 Å². The van der Waals surface area contributed by atoms with E-state index in [-0.39, 0.29) is 17.9 Å². The van der Waals surface area contributed by atoms with Gasteiger partial charge in [-0.3, -0.25) is 9.59 Å². The maximum absolute atomic E-state index is 11.9. The zero-order valence-electron chi connectivity index (χ0n) is 10.9. The van der Waals surface area contributed by atoms with Crippen molar-refractivity contribution in [2.45, 2.75) is 25.8 Å². The number of carbonyl (C=O) groups is 2. The second kappa shape index (κ2) is 5.69. The maximum atomic E-state index is 11.9. The Labute approximate surface area is 112 Å². The Morgan fingerprint density at radius 1 is 1.58 bits per heavy atom. The minimum atomic E-state index is -0.251. The summed E-state index contributed by atoms with van der Waals surface area (Å²) >= 11 is 0. The van der Waals surface area contributed by atoms with Gasteiger partial charge < -0.3 is 16.0 Å². The third-order valence-corrected chi connectivity index (χ3v) is 3.06. The molecule has 0 saturated carbocycles. The van der Waals surface area contributed by atoms with Crippen LogP contribution >= 0.6 is 0 Å². The van der Waals surface area contributed by atoms with Crippen molar-refractivity contribution >= 4 is 17.5 Å². The van der Waals surface area contributed by atoms with Crippen molar-refractivity contribution in [1.82, 2.24) is 15.2 Å². The van der Waals surface area contributed by atoms with Gasteiger partial charge in [0.05, 0.1) is 11.9 Å². The first-order valence-corrected chi connectivity index (χ1v) is 6.36. The Balaban J connectivity index is 1.87. The maximum Gasteiger partial charge on any atom is 0.270 e. The first-order chi connectivity index (χ1) is 9.06. The van der Waals surface area contributed by atoms with E-state index in [1.54, 1.807) is 17.0 Å². The highest BCUT2D eigenvalue weighted by atomic mass is 16.2. The number of nitrogens with one attached hydrogen (secondary N) is 1. The van der Waals surface area contributed by atoms with Crippen LogP contribution in [0.15, 0.2) is 18.3 Å². The monoisotopic (exact) mass is 262 g/mol. The lowest BCUT2D eigenvalue weighted by Gasteiger charge is -2.21. The number of anilines is 1. The van der Waals surface area contributed by atoms with Crippen molar-refractivity contribution in [3.63, 3.8) is 0 Å². The summed E-state index contributed by atoms with van der Waals surface area (Å²) < 4.78 is 0. The Morgan fingerprint density at radius 3 is 2.95 bits per heavy atom. The highest BCUT2D eigenvalue weighted by Gasteiger charge is 2.22. The van der Waals surface area contributed by atoms with Crippen LogP contribution in [0.4, 0.5) is 5.69 Å². The second-order valence-electron chi connectivity index (χ2n) is 4.79. The molecule has 6 heteroatoms. The van der Waals surface area contributed by atoms with Crippen LogP contribution in [0, 0.1) is 0 Å². The molecule has 1 aliphatic heterocycles. The lowest BCUT2D eigenvalue weighted by molar-refractivity contribution is -0.127. The summed E-state index contributed by atoms with van der Waals surface area (Å²) in [5.41, 5.74) is 6.36. The first-order valence-electron chi connectivity index (χ1n) is 6.36. The molecule has 1 atom stereocenters. The molecule has 6 nitrogen and oxygen atoms in total. The molecule has 0 bridgehead atoms. The van der Waals surface area contributed by atoms with Gasteiger partial charge in [-0.05, 0) is 25.5 Å². The van der Waals surface area contributed by atoms with E-state index in [0.29, 0.717) is 24.3 Å². The summed E-state index contributed by atoms with van der Waals surface area (Å²) in [5, 5.41) is 2.83. The molecule has 19 heavy (non-hydrogen) atoms. The lowest BCUT2D eigenvalue weighted by Crippen LogP contribution is -2.42. The molecule has 0 radical (unpaired) electrons. The number of rotatable bonds is 4. The highest BCUT2D eigenvalue weighted by Crippen LogP contribution is 2.10. The van der Waals surface area contributed by atoms with Gasteiger partial charge in [-0.15, -0.1) is 0 Å². The van der Waals surface area contributed by atoms with Gasteiger partial charge in [0.2, 0.25) is 5.91 Å².